The molecule has 0 saturated carbocycles. The van der Waals surface area contributed by atoms with Crippen molar-refractivity contribution in [2.24, 2.45) is 0 Å². The van der Waals surface area contributed by atoms with Crippen molar-refractivity contribution in [2.75, 3.05) is 5.32 Å². The number of aromatic nitrogens is 2. The molecule has 4 aromatic rings. The number of benzene rings is 2. The second-order valence-corrected chi connectivity index (χ2v) is 8.03. The Morgan fingerprint density at radius 2 is 1.80 bits per heavy atom. The number of anilines is 1. The third kappa shape index (κ3) is 3.69. The number of hydrogen-bond acceptors (Lipinski definition) is 4. The molecule has 1 amide bonds. The van der Waals surface area contributed by atoms with Gasteiger partial charge in [-0.2, -0.15) is 0 Å². The maximum atomic E-state index is 13.2. The molecule has 0 saturated heterocycles. The van der Waals surface area contributed by atoms with Crippen LogP contribution in [0.1, 0.15) is 12.5 Å². The molecule has 2 aromatic carbocycles. The average molecular weight is 440 g/mol. The van der Waals surface area contributed by atoms with Crippen LogP contribution < -0.4 is 16.6 Å². The van der Waals surface area contributed by atoms with E-state index in [1.807, 2.05) is 31.2 Å². The first-order valence-corrected chi connectivity index (χ1v) is 10.6. The van der Waals surface area contributed by atoms with Crippen molar-refractivity contribution in [3.8, 4) is 5.69 Å². The SMILES string of the molecule is CCc1ccccc1NC(=O)Cn1c(=O)n(-c2ccc(Cl)cc2)c(=O)c2sccc21. The number of para-hydroxylation sites is 1. The molecule has 0 atom stereocenters. The van der Waals surface area contributed by atoms with Crippen LogP contribution in [-0.4, -0.2) is 15.0 Å². The van der Waals surface area contributed by atoms with E-state index in [2.05, 4.69) is 5.32 Å². The lowest BCUT2D eigenvalue weighted by atomic mass is 10.1. The van der Waals surface area contributed by atoms with Gasteiger partial charge in [-0.25, -0.2) is 9.36 Å². The van der Waals surface area contributed by atoms with Crippen LogP contribution in [0.2, 0.25) is 5.02 Å². The Hall–Kier alpha value is -3.16. The zero-order valence-corrected chi connectivity index (χ0v) is 17.7. The fourth-order valence-electron chi connectivity index (χ4n) is 3.34. The Morgan fingerprint density at radius 3 is 2.53 bits per heavy atom. The Labute approximate surface area is 181 Å². The van der Waals surface area contributed by atoms with Crippen LogP contribution in [0, 0.1) is 0 Å². The van der Waals surface area contributed by atoms with Crippen molar-refractivity contribution in [3.63, 3.8) is 0 Å². The number of carbonyl (C=O) groups is 1. The Bertz CT molecular complexity index is 1350. The first-order chi connectivity index (χ1) is 14.5. The van der Waals surface area contributed by atoms with E-state index in [1.165, 1.54) is 15.9 Å². The number of rotatable bonds is 5. The van der Waals surface area contributed by atoms with Crippen LogP contribution in [0.15, 0.2) is 69.6 Å². The predicted octanol–water partition coefficient (Wildman–Crippen LogP) is 4.07. The maximum Gasteiger partial charge on any atom is 0.336 e. The number of nitrogens with one attached hydrogen (secondary N) is 1. The average Bonchev–Trinajstić information content (AvgIpc) is 3.23. The normalized spacial score (nSPS) is 11.0. The predicted molar refractivity (Wildman–Crippen MR) is 121 cm³/mol. The molecule has 0 aliphatic rings. The molecule has 0 spiro atoms. The number of thiophene rings is 1. The summed E-state index contributed by atoms with van der Waals surface area (Å²) in [4.78, 5) is 38.9. The van der Waals surface area contributed by atoms with Gasteiger partial charge in [-0.05, 0) is 53.8 Å². The van der Waals surface area contributed by atoms with E-state index in [0.29, 0.717) is 26.6 Å². The molecule has 8 heteroatoms. The van der Waals surface area contributed by atoms with Crippen LogP contribution in [0.3, 0.4) is 0 Å². The van der Waals surface area contributed by atoms with Gasteiger partial charge in [-0.15, -0.1) is 11.3 Å². The van der Waals surface area contributed by atoms with Crippen molar-refractivity contribution in [3.05, 3.63) is 91.4 Å². The monoisotopic (exact) mass is 439 g/mol. The van der Waals surface area contributed by atoms with Crippen molar-refractivity contribution >= 4 is 44.7 Å². The minimum atomic E-state index is -0.577. The fraction of sp³-hybridized carbons (Fsp3) is 0.136. The lowest BCUT2D eigenvalue weighted by Gasteiger charge is -2.13. The lowest BCUT2D eigenvalue weighted by molar-refractivity contribution is -0.116. The molecule has 0 bridgehead atoms. The minimum Gasteiger partial charge on any atom is -0.324 e. The second-order valence-electron chi connectivity index (χ2n) is 6.68. The fourth-order valence-corrected chi connectivity index (χ4v) is 4.29. The van der Waals surface area contributed by atoms with E-state index in [4.69, 9.17) is 11.6 Å². The van der Waals surface area contributed by atoms with Gasteiger partial charge >= 0.3 is 5.69 Å². The summed E-state index contributed by atoms with van der Waals surface area (Å²) >= 11 is 7.17. The minimum absolute atomic E-state index is 0.210. The zero-order valence-electron chi connectivity index (χ0n) is 16.1. The van der Waals surface area contributed by atoms with E-state index >= 15 is 0 Å². The van der Waals surface area contributed by atoms with Gasteiger partial charge in [-0.1, -0.05) is 36.7 Å². The van der Waals surface area contributed by atoms with Gasteiger partial charge in [0.25, 0.3) is 5.56 Å². The number of halogens is 1. The summed E-state index contributed by atoms with van der Waals surface area (Å²) in [5.74, 6) is -0.341. The molecule has 0 unspecified atom stereocenters. The number of amides is 1. The highest BCUT2D eigenvalue weighted by molar-refractivity contribution is 7.17. The first kappa shape index (κ1) is 20.1. The van der Waals surface area contributed by atoms with Crippen molar-refractivity contribution in [1.82, 2.24) is 9.13 Å². The van der Waals surface area contributed by atoms with Gasteiger partial charge in [0.2, 0.25) is 5.91 Å². The summed E-state index contributed by atoms with van der Waals surface area (Å²) < 4.78 is 2.81. The van der Waals surface area contributed by atoms with E-state index < -0.39 is 11.2 Å². The number of nitrogens with zero attached hydrogens (tertiary/aromatic N) is 2. The number of carbonyl (C=O) groups excluding carboxylic acids is 1. The first-order valence-electron chi connectivity index (χ1n) is 9.36. The molecule has 0 fully saturated rings. The molecule has 6 nitrogen and oxygen atoms in total. The molecule has 1 N–H and O–H groups in total. The molecule has 30 heavy (non-hydrogen) atoms. The molecule has 2 aromatic heterocycles. The summed E-state index contributed by atoms with van der Waals surface area (Å²) in [7, 11) is 0. The zero-order chi connectivity index (χ0) is 21.3. The summed E-state index contributed by atoms with van der Waals surface area (Å²) in [5, 5.41) is 5.11. The van der Waals surface area contributed by atoms with Crippen molar-refractivity contribution in [2.45, 2.75) is 19.9 Å². The summed E-state index contributed by atoms with van der Waals surface area (Å²) in [6, 6.07) is 15.6. The highest BCUT2D eigenvalue weighted by Crippen LogP contribution is 2.19. The molecule has 4 rings (SSSR count). The maximum absolute atomic E-state index is 13.2. The van der Waals surface area contributed by atoms with E-state index in [0.717, 1.165) is 16.6 Å². The van der Waals surface area contributed by atoms with Crippen LogP contribution in [-0.2, 0) is 17.8 Å². The topological polar surface area (TPSA) is 73.1 Å². The van der Waals surface area contributed by atoms with Crippen LogP contribution in [0.4, 0.5) is 5.69 Å². The second kappa shape index (κ2) is 8.30. The van der Waals surface area contributed by atoms with Gasteiger partial charge in [0, 0.05) is 10.7 Å². The van der Waals surface area contributed by atoms with Gasteiger partial charge in [0.05, 0.1) is 11.2 Å². The molecule has 2 heterocycles. The highest BCUT2D eigenvalue weighted by Gasteiger charge is 2.18. The molecule has 152 valence electrons. The van der Waals surface area contributed by atoms with Crippen LogP contribution in [0.5, 0.6) is 0 Å². The third-order valence-electron chi connectivity index (χ3n) is 4.81. The van der Waals surface area contributed by atoms with E-state index in [-0.39, 0.29) is 12.5 Å². The lowest BCUT2D eigenvalue weighted by Crippen LogP contribution is -2.40. The van der Waals surface area contributed by atoms with Crippen molar-refractivity contribution in [1.29, 1.82) is 0 Å². The Balaban J connectivity index is 1.78. The summed E-state index contributed by atoms with van der Waals surface area (Å²) in [6.07, 6.45) is 0.770. The number of hydrogen-bond donors (Lipinski definition) is 1. The largest absolute Gasteiger partial charge is 0.336 e. The van der Waals surface area contributed by atoms with Crippen LogP contribution >= 0.6 is 22.9 Å². The molecular formula is C22H18ClN3O3S. The highest BCUT2D eigenvalue weighted by atomic mass is 35.5. The molecule has 0 radical (unpaired) electrons. The standard InChI is InChI=1S/C22H18ClN3O3S/c1-2-14-5-3-4-6-17(14)24-19(27)13-25-18-11-12-30-20(18)21(28)26(22(25)29)16-9-7-15(23)8-10-16/h3-12H,2,13H2,1H3,(H,24,27). The number of fused-ring (bicyclic) bond motifs is 1. The van der Waals surface area contributed by atoms with Gasteiger partial charge < -0.3 is 5.32 Å². The number of aryl methyl sites for hydroxylation is 1. The van der Waals surface area contributed by atoms with E-state index in [1.54, 1.807) is 35.7 Å². The van der Waals surface area contributed by atoms with Crippen LogP contribution in [0.25, 0.3) is 15.9 Å². The quantitative estimate of drug-likeness (QED) is 0.509. The van der Waals surface area contributed by atoms with Gasteiger partial charge in [0.1, 0.15) is 11.2 Å². The van der Waals surface area contributed by atoms with Gasteiger partial charge in [-0.3, -0.25) is 14.2 Å². The smallest absolute Gasteiger partial charge is 0.324 e. The Kier molecular flexibility index (Phi) is 5.57. The van der Waals surface area contributed by atoms with Crippen molar-refractivity contribution < 1.29 is 4.79 Å². The molecular weight excluding hydrogens is 422 g/mol. The molecule has 0 aliphatic heterocycles. The summed E-state index contributed by atoms with van der Waals surface area (Å²) in [5.41, 5.74) is 1.57. The Morgan fingerprint density at radius 1 is 1.07 bits per heavy atom. The van der Waals surface area contributed by atoms with Gasteiger partial charge in [0.15, 0.2) is 0 Å². The summed E-state index contributed by atoms with van der Waals surface area (Å²) in [6.45, 7) is 1.80. The van der Waals surface area contributed by atoms with E-state index in [9.17, 15) is 14.4 Å². The molecule has 0 aliphatic carbocycles. The third-order valence-corrected chi connectivity index (χ3v) is 5.96.